The van der Waals surface area contributed by atoms with Crippen LogP contribution in [0.25, 0.3) is 11.2 Å². The number of halogens is 2. The highest BCUT2D eigenvalue weighted by Gasteiger charge is 2.35. The second-order valence-electron chi connectivity index (χ2n) is 8.24. The number of likely N-dealkylation sites (tertiary alicyclic amines) is 1. The zero-order valence-corrected chi connectivity index (χ0v) is 19.9. The average Bonchev–Trinajstić information content (AvgIpc) is 3.37. The van der Waals surface area contributed by atoms with Gasteiger partial charge in [-0.15, -0.1) is 0 Å². The molecule has 0 bridgehead atoms. The van der Waals surface area contributed by atoms with Gasteiger partial charge in [0.2, 0.25) is 0 Å². The maximum absolute atomic E-state index is 13.7. The van der Waals surface area contributed by atoms with Crippen molar-refractivity contribution in [2.45, 2.75) is 45.6 Å². The molecule has 3 aromatic rings. The van der Waals surface area contributed by atoms with E-state index < -0.39 is 5.92 Å². The van der Waals surface area contributed by atoms with E-state index in [-0.39, 0.29) is 13.0 Å². The number of rotatable bonds is 8. The van der Waals surface area contributed by atoms with Crippen molar-refractivity contribution >= 4 is 33.6 Å². The standard InChI is InChI=1S/C23H29F2N7S/c1-4-5-7-17(11-26-3)19-12-27-22-21(28-16(2)13-32(19)22)29-20-10-18(30-33-20)14-31-9-6-8-23(24,25)15-31/h5,7,10-13,26H,4,6,8-9,14-15H2,1-3H3,(H,28,29)/b7-5+,17-11+. The Balaban J connectivity index is 1.57. The Morgan fingerprint density at radius 2 is 2.21 bits per heavy atom. The number of nitrogens with zero attached hydrogens (tertiary/aromatic N) is 5. The van der Waals surface area contributed by atoms with Crippen LogP contribution in [0.3, 0.4) is 0 Å². The summed E-state index contributed by atoms with van der Waals surface area (Å²) in [7, 11) is 1.87. The van der Waals surface area contributed by atoms with Gasteiger partial charge >= 0.3 is 0 Å². The number of piperidine rings is 1. The van der Waals surface area contributed by atoms with Crippen molar-refractivity contribution in [3.8, 4) is 0 Å². The van der Waals surface area contributed by atoms with Gasteiger partial charge in [0.05, 0.1) is 29.8 Å². The number of imidazole rings is 1. The van der Waals surface area contributed by atoms with Crippen LogP contribution in [0, 0.1) is 6.92 Å². The number of hydrogen-bond acceptors (Lipinski definition) is 7. The maximum atomic E-state index is 13.7. The van der Waals surface area contributed by atoms with Gasteiger partial charge in [0.1, 0.15) is 5.00 Å². The number of fused-ring (bicyclic) bond motifs is 1. The molecule has 33 heavy (non-hydrogen) atoms. The first kappa shape index (κ1) is 23.3. The first-order valence-corrected chi connectivity index (χ1v) is 11.9. The largest absolute Gasteiger partial charge is 0.393 e. The molecule has 1 saturated heterocycles. The topological polar surface area (TPSA) is 70.4 Å². The zero-order chi connectivity index (χ0) is 23.4. The quantitative estimate of drug-likeness (QED) is 0.449. The predicted octanol–water partition coefficient (Wildman–Crippen LogP) is 5.00. The number of anilines is 2. The van der Waals surface area contributed by atoms with Crippen LogP contribution in [-0.2, 0) is 6.54 Å². The lowest BCUT2D eigenvalue weighted by molar-refractivity contribution is -0.0662. The van der Waals surface area contributed by atoms with Crippen LogP contribution in [0.1, 0.15) is 43.3 Å². The summed E-state index contributed by atoms with van der Waals surface area (Å²) >= 11 is 1.29. The summed E-state index contributed by atoms with van der Waals surface area (Å²) in [6, 6.07) is 1.90. The van der Waals surface area contributed by atoms with Crippen LogP contribution in [0.15, 0.2) is 36.8 Å². The lowest BCUT2D eigenvalue weighted by Crippen LogP contribution is -2.42. The minimum Gasteiger partial charge on any atom is -0.393 e. The van der Waals surface area contributed by atoms with E-state index in [2.05, 4.69) is 44.1 Å². The van der Waals surface area contributed by atoms with E-state index in [1.54, 1.807) is 4.90 Å². The summed E-state index contributed by atoms with van der Waals surface area (Å²) in [6.45, 7) is 4.91. The van der Waals surface area contributed by atoms with Crippen LogP contribution in [0.4, 0.5) is 19.6 Å². The van der Waals surface area contributed by atoms with Crippen molar-refractivity contribution in [1.82, 2.24) is 29.0 Å². The molecule has 0 unspecified atom stereocenters. The average molecular weight is 474 g/mol. The van der Waals surface area contributed by atoms with Crippen LogP contribution < -0.4 is 10.6 Å². The molecule has 0 saturated carbocycles. The van der Waals surface area contributed by atoms with E-state index in [1.165, 1.54) is 11.5 Å². The predicted molar refractivity (Wildman–Crippen MR) is 129 cm³/mol. The van der Waals surface area contributed by atoms with Crippen LogP contribution in [0.5, 0.6) is 0 Å². The van der Waals surface area contributed by atoms with Gasteiger partial charge in [-0.3, -0.25) is 9.30 Å². The summed E-state index contributed by atoms with van der Waals surface area (Å²) in [5.74, 6) is -1.98. The van der Waals surface area contributed by atoms with E-state index in [0.717, 1.165) is 34.1 Å². The molecule has 0 amide bonds. The molecular formula is C23H29F2N7S. The minimum absolute atomic E-state index is 0.0336. The van der Waals surface area contributed by atoms with Gasteiger partial charge in [-0.2, -0.15) is 4.37 Å². The highest BCUT2D eigenvalue weighted by Crippen LogP contribution is 2.29. The number of aryl methyl sites for hydroxylation is 1. The maximum Gasteiger partial charge on any atom is 0.260 e. The van der Waals surface area contributed by atoms with E-state index in [0.29, 0.717) is 31.0 Å². The molecule has 4 heterocycles. The van der Waals surface area contributed by atoms with Gasteiger partial charge < -0.3 is 10.6 Å². The highest BCUT2D eigenvalue weighted by molar-refractivity contribution is 7.10. The number of hydrogen-bond donors (Lipinski definition) is 2. The molecule has 176 valence electrons. The molecule has 1 fully saturated rings. The fourth-order valence-electron chi connectivity index (χ4n) is 3.99. The lowest BCUT2D eigenvalue weighted by Gasteiger charge is -2.31. The number of aromatic nitrogens is 4. The lowest BCUT2D eigenvalue weighted by atomic mass is 10.1. The monoisotopic (exact) mass is 473 g/mol. The Morgan fingerprint density at radius 3 is 2.97 bits per heavy atom. The first-order valence-electron chi connectivity index (χ1n) is 11.1. The van der Waals surface area contributed by atoms with Crippen molar-refractivity contribution in [3.63, 3.8) is 0 Å². The third kappa shape index (κ3) is 5.56. The van der Waals surface area contributed by atoms with Gasteiger partial charge in [-0.1, -0.05) is 19.1 Å². The van der Waals surface area contributed by atoms with Crippen molar-refractivity contribution in [1.29, 1.82) is 0 Å². The third-order valence-electron chi connectivity index (χ3n) is 5.40. The Morgan fingerprint density at radius 1 is 1.36 bits per heavy atom. The normalized spacial score (nSPS) is 17.2. The molecule has 7 nitrogen and oxygen atoms in total. The summed E-state index contributed by atoms with van der Waals surface area (Å²) < 4.78 is 33.9. The summed E-state index contributed by atoms with van der Waals surface area (Å²) in [6.07, 6.45) is 11.3. The van der Waals surface area contributed by atoms with Gasteiger partial charge in [0, 0.05) is 38.0 Å². The minimum atomic E-state index is -2.61. The van der Waals surface area contributed by atoms with Crippen molar-refractivity contribution in [3.05, 3.63) is 53.9 Å². The van der Waals surface area contributed by atoms with Gasteiger partial charge in [0.15, 0.2) is 11.5 Å². The van der Waals surface area contributed by atoms with E-state index >= 15 is 0 Å². The SMILES string of the molecule is CC/C=C/C(=C\NC)c1cnc2c(Nc3cc(CN4CCCC(F)(F)C4)ns3)nc(C)cn12. The van der Waals surface area contributed by atoms with Crippen molar-refractivity contribution in [2.75, 3.05) is 25.5 Å². The van der Waals surface area contributed by atoms with Crippen molar-refractivity contribution < 1.29 is 8.78 Å². The zero-order valence-electron chi connectivity index (χ0n) is 19.1. The highest BCUT2D eigenvalue weighted by atomic mass is 32.1. The molecule has 10 heteroatoms. The van der Waals surface area contributed by atoms with Crippen LogP contribution in [-0.4, -0.2) is 49.7 Å². The summed E-state index contributed by atoms with van der Waals surface area (Å²) in [5.41, 5.74) is 4.29. The Kier molecular flexibility index (Phi) is 7.04. The molecule has 0 atom stereocenters. The van der Waals surface area contributed by atoms with Gasteiger partial charge in [-0.25, -0.2) is 18.7 Å². The van der Waals surface area contributed by atoms with Gasteiger partial charge in [-0.05, 0) is 43.9 Å². The van der Waals surface area contributed by atoms with E-state index in [1.807, 2.05) is 43.0 Å². The Bertz CT molecular complexity index is 1160. The number of allylic oxidation sites excluding steroid dienone is 3. The Hall–Kier alpha value is -2.85. The molecule has 1 aliphatic heterocycles. The molecule has 1 aliphatic rings. The Labute approximate surface area is 196 Å². The molecule has 0 spiro atoms. The van der Waals surface area contributed by atoms with Crippen molar-refractivity contribution in [2.24, 2.45) is 0 Å². The number of alkyl halides is 2. The van der Waals surface area contributed by atoms with Crippen LogP contribution in [0.2, 0.25) is 0 Å². The van der Waals surface area contributed by atoms with Gasteiger partial charge in [0.25, 0.3) is 5.92 Å². The fourth-order valence-corrected chi connectivity index (χ4v) is 4.64. The molecule has 3 aromatic heterocycles. The first-order chi connectivity index (χ1) is 15.9. The molecular weight excluding hydrogens is 444 g/mol. The molecule has 0 aliphatic carbocycles. The second kappa shape index (κ2) is 9.96. The second-order valence-corrected chi connectivity index (χ2v) is 9.05. The van der Waals surface area contributed by atoms with E-state index in [9.17, 15) is 8.78 Å². The smallest absolute Gasteiger partial charge is 0.260 e. The molecule has 4 rings (SSSR count). The molecule has 2 N–H and O–H groups in total. The van der Waals surface area contributed by atoms with E-state index in [4.69, 9.17) is 0 Å². The molecule has 0 aromatic carbocycles. The third-order valence-corrected chi connectivity index (χ3v) is 6.14. The fraction of sp³-hybridized carbons (Fsp3) is 0.435. The summed E-state index contributed by atoms with van der Waals surface area (Å²) in [4.78, 5) is 11.0. The number of nitrogens with one attached hydrogen (secondary N) is 2. The van der Waals surface area contributed by atoms with Crippen LogP contribution >= 0.6 is 11.5 Å². The molecule has 0 radical (unpaired) electrons. The summed E-state index contributed by atoms with van der Waals surface area (Å²) in [5, 5.41) is 7.23.